The summed E-state index contributed by atoms with van der Waals surface area (Å²) in [5, 5.41) is 3.02. The van der Waals surface area contributed by atoms with Crippen molar-refractivity contribution in [3.05, 3.63) is 70.3 Å². The molecule has 0 bridgehead atoms. The minimum absolute atomic E-state index is 0.0107. The molecule has 3 nitrogen and oxygen atoms in total. The molecule has 0 saturated carbocycles. The molecule has 0 aromatic heterocycles. The molecule has 0 fully saturated rings. The molecule has 0 aliphatic heterocycles. The van der Waals surface area contributed by atoms with E-state index < -0.39 is 0 Å². The van der Waals surface area contributed by atoms with Crippen LogP contribution >= 0.6 is 0 Å². The zero-order valence-electron chi connectivity index (χ0n) is 15.2. The Hall–Kier alpha value is -2.13. The molecule has 0 spiro atoms. The average molecular weight is 324 g/mol. The lowest BCUT2D eigenvalue weighted by Crippen LogP contribution is -2.24. The van der Waals surface area contributed by atoms with Gasteiger partial charge in [-0.25, -0.2) is 0 Å². The van der Waals surface area contributed by atoms with E-state index in [1.165, 1.54) is 5.56 Å². The molecule has 1 amide bonds. The van der Waals surface area contributed by atoms with E-state index >= 15 is 0 Å². The number of nitrogens with one attached hydrogen (secondary N) is 1. The monoisotopic (exact) mass is 324 g/mol. The van der Waals surface area contributed by atoms with Crippen molar-refractivity contribution in [1.29, 1.82) is 0 Å². The fourth-order valence-electron chi connectivity index (χ4n) is 2.73. The van der Waals surface area contributed by atoms with Crippen molar-refractivity contribution >= 4 is 5.91 Å². The van der Waals surface area contributed by atoms with Gasteiger partial charge in [0.25, 0.3) is 5.91 Å². The number of nitrogens with zero attached hydrogens (tertiary/aromatic N) is 1. The zero-order valence-corrected chi connectivity index (χ0v) is 15.2. The number of amides is 1. The molecule has 0 radical (unpaired) electrons. The number of carbonyl (C=O) groups excluding carboxylic acids is 1. The SMILES string of the molecule is CCN(CC)Cc1ccc(CNC(=O)c2cc(C)ccc2C)cc1. The third kappa shape index (κ3) is 4.93. The second kappa shape index (κ2) is 8.65. The lowest BCUT2D eigenvalue weighted by Gasteiger charge is -2.18. The van der Waals surface area contributed by atoms with E-state index in [0.717, 1.165) is 41.9 Å². The molecule has 2 aromatic carbocycles. The van der Waals surface area contributed by atoms with Gasteiger partial charge in [0.15, 0.2) is 0 Å². The largest absolute Gasteiger partial charge is 0.348 e. The highest BCUT2D eigenvalue weighted by atomic mass is 16.1. The molecule has 3 heteroatoms. The Kier molecular flexibility index (Phi) is 6.56. The third-order valence-electron chi connectivity index (χ3n) is 4.41. The van der Waals surface area contributed by atoms with Crippen LogP contribution in [-0.4, -0.2) is 23.9 Å². The topological polar surface area (TPSA) is 32.3 Å². The predicted octanol–water partition coefficient (Wildman–Crippen LogP) is 4.08. The summed E-state index contributed by atoms with van der Waals surface area (Å²) in [6.45, 7) is 12.0. The molecule has 2 aromatic rings. The number of rotatable bonds is 7. The van der Waals surface area contributed by atoms with Crippen LogP contribution < -0.4 is 5.32 Å². The van der Waals surface area contributed by atoms with Crippen molar-refractivity contribution in [2.24, 2.45) is 0 Å². The number of hydrogen-bond donors (Lipinski definition) is 1. The Morgan fingerprint density at radius 3 is 2.21 bits per heavy atom. The minimum Gasteiger partial charge on any atom is -0.348 e. The second-order valence-corrected chi connectivity index (χ2v) is 6.28. The molecule has 0 unspecified atom stereocenters. The van der Waals surface area contributed by atoms with Crippen molar-refractivity contribution in [2.75, 3.05) is 13.1 Å². The summed E-state index contributed by atoms with van der Waals surface area (Å²) in [6, 6.07) is 14.5. The van der Waals surface area contributed by atoms with Gasteiger partial charge in [0, 0.05) is 18.7 Å². The maximum absolute atomic E-state index is 12.4. The zero-order chi connectivity index (χ0) is 17.5. The molecule has 2 rings (SSSR count). The van der Waals surface area contributed by atoms with Crippen molar-refractivity contribution < 1.29 is 4.79 Å². The van der Waals surface area contributed by atoms with Gasteiger partial charge in [0.05, 0.1) is 0 Å². The second-order valence-electron chi connectivity index (χ2n) is 6.28. The van der Waals surface area contributed by atoms with Crippen LogP contribution in [0.3, 0.4) is 0 Å². The van der Waals surface area contributed by atoms with Gasteiger partial charge < -0.3 is 5.32 Å². The molecule has 0 atom stereocenters. The fourth-order valence-corrected chi connectivity index (χ4v) is 2.73. The molecule has 0 aliphatic rings. The first kappa shape index (κ1) is 18.2. The summed E-state index contributed by atoms with van der Waals surface area (Å²) in [7, 11) is 0. The van der Waals surface area contributed by atoms with Gasteiger partial charge in [-0.2, -0.15) is 0 Å². The maximum Gasteiger partial charge on any atom is 0.251 e. The smallest absolute Gasteiger partial charge is 0.251 e. The predicted molar refractivity (Wildman–Crippen MR) is 100 cm³/mol. The van der Waals surface area contributed by atoms with Gasteiger partial charge in [0.2, 0.25) is 0 Å². The first-order chi connectivity index (χ1) is 11.5. The van der Waals surface area contributed by atoms with E-state index in [2.05, 4.69) is 48.3 Å². The molecule has 0 saturated heterocycles. The maximum atomic E-state index is 12.4. The van der Waals surface area contributed by atoms with Crippen LogP contribution in [0.4, 0.5) is 0 Å². The van der Waals surface area contributed by atoms with Crippen LogP contribution in [0.25, 0.3) is 0 Å². The van der Waals surface area contributed by atoms with Crippen LogP contribution in [0.2, 0.25) is 0 Å². The molecule has 24 heavy (non-hydrogen) atoms. The normalized spacial score (nSPS) is 10.9. The summed E-state index contributed by atoms with van der Waals surface area (Å²) >= 11 is 0. The average Bonchev–Trinajstić information content (AvgIpc) is 2.60. The fraction of sp³-hybridized carbons (Fsp3) is 0.381. The van der Waals surface area contributed by atoms with E-state index in [1.54, 1.807) is 0 Å². The first-order valence-corrected chi connectivity index (χ1v) is 8.69. The van der Waals surface area contributed by atoms with E-state index in [-0.39, 0.29) is 5.91 Å². The Morgan fingerprint density at radius 2 is 1.58 bits per heavy atom. The molecular formula is C21H28N2O. The quantitative estimate of drug-likeness (QED) is 0.832. The Bertz CT molecular complexity index is 673. The highest BCUT2D eigenvalue weighted by Gasteiger charge is 2.09. The van der Waals surface area contributed by atoms with Gasteiger partial charge in [-0.1, -0.05) is 55.8 Å². The van der Waals surface area contributed by atoms with E-state index in [9.17, 15) is 4.79 Å². The van der Waals surface area contributed by atoms with Crippen molar-refractivity contribution in [1.82, 2.24) is 10.2 Å². The molecule has 0 heterocycles. The van der Waals surface area contributed by atoms with Crippen LogP contribution in [0.1, 0.15) is 46.5 Å². The Labute approximate surface area is 145 Å². The van der Waals surface area contributed by atoms with Crippen molar-refractivity contribution in [3.8, 4) is 0 Å². The van der Waals surface area contributed by atoms with Crippen LogP contribution in [0.15, 0.2) is 42.5 Å². The lowest BCUT2D eigenvalue weighted by molar-refractivity contribution is 0.0950. The van der Waals surface area contributed by atoms with E-state index in [1.807, 2.05) is 32.0 Å². The van der Waals surface area contributed by atoms with Gasteiger partial charge in [-0.15, -0.1) is 0 Å². The van der Waals surface area contributed by atoms with E-state index in [0.29, 0.717) is 6.54 Å². The van der Waals surface area contributed by atoms with Gasteiger partial charge in [-0.3, -0.25) is 9.69 Å². The Balaban J connectivity index is 1.94. The third-order valence-corrected chi connectivity index (χ3v) is 4.41. The molecule has 128 valence electrons. The van der Waals surface area contributed by atoms with Gasteiger partial charge >= 0.3 is 0 Å². The number of hydrogen-bond acceptors (Lipinski definition) is 2. The van der Waals surface area contributed by atoms with Crippen LogP contribution in [0, 0.1) is 13.8 Å². The highest BCUT2D eigenvalue weighted by molar-refractivity contribution is 5.95. The van der Waals surface area contributed by atoms with Crippen molar-refractivity contribution in [3.63, 3.8) is 0 Å². The van der Waals surface area contributed by atoms with Gasteiger partial charge in [-0.05, 0) is 49.7 Å². The molecule has 0 aliphatic carbocycles. The first-order valence-electron chi connectivity index (χ1n) is 8.69. The summed E-state index contributed by atoms with van der Waals surface area (Å²) in [5.74, 6) is -0.0107. The lowest BCUT2D eigenvalue weighted by atomic mass is 10.0. The standard InChI is InChI=1S/C21H28N2O/c1-5-23(6-2)15-19-11-9-18(10-12-19)14-22-21(24)20-13-16(3)7-8-17(20)4/h7-13H,5-6,14-15H2,1-4H3,(H,22,24). The summed E-state index contributed by atoms with van der Waals surface area (Å²) in [4.78, 5) is 14.7. The summed E-state index contributed by atoms with van der Waals surface area (Å²) in [6.07, 6.45) is 0. The van der Waals surface area contributed by atoms with Crippen molar-refractivity contribution in [2.45, 2.75) is 40.8 Å². The van der Waals surface area contributed by atoms with Gasteiger partial charge in [0.1, 0.15) is 0 Å². The van der Waals surface area contributed by atoms with Crippen LogP contribution in [0.5, 0.6) is 0 Å². The Morgan fingerprint density at radius 1 is 0.958 bits per heavy atom. The number of benzene rings is 2. The highest BCUT2D eigenvalue weighted by Crippen LogP contribution is 2.11. The summed E-state index contributed by atoms with van der Waals surface area (Å²) < 4.78 is 0. The minimum atomic E-state index is -0.0107. The van der Waals surface area contributed by atoms with E-state index in [4.69, 9.17) is 0 Å². The molecule has 1 N–H and O–H groups in total. The van der Waals surface area contributed by atoms with Crippen LogP contribution in [-0.2, 0) is 13.1 Å². The summed E-state index contributed by atoms with van der Waals surface area (Å²) in [5.41, 5.74) is 5.30. The number of aryl methyl sites for hydroxylation is 2. The molecular weight excluding hydrogens is 296 g/mol. The number of carbonyl (C=O) groups is 1.